The van der Waals surface area contributed by atoms with E-state index in [4.69, 9.17) is 0 Å². The summed E-state index contributed by atoms with van der Waals surface area (Å²) in [4.78, 5) is 2.19. The number of anilines is 3. The van der Waals surface area contributed by atoms with Gasteiger partial charge in [0.15, 0.2) is 0 Å². The fraction of sp³-hybridized carbons (Fsp3) is 0.158. The van der Waals surface area contributed by atoms with Crippen LogP contribution in [-0.2, 0) is 10.0 Å². The standard InChI is InChI=1S/C19H20N2O2S2/c1-3-21(18-7-4-6-15(2)14-18)17-11-9-16(10-12-17)20-25(22,23)19-8-5-13-24-19/h4-14,20H,3H2,1-2H3. The van der Waals surface area contributed by atoms with Gasteiger partial charge in [0.1, 0.15) is 4.21 Å². The lowest BCUT2D eigenvalue weighted by Crippen LogP contribution is -2.16. The van der Waals surface area contributed by atoms with E-state index in [0.29, 0.717) is 9.90 Å². The van der Waals surface area contributed by atoms with E-state index < -0.39 is 10.0 Å². The van der Waals surface area contributed by atoms with Crippen molar-refractivity contribution in [2.75, 3.05) is 16.2 Å². The minimum atomic E-state index is -3.51. The van der Waals surface area contributed by atoms with E-state index in [0.717, 1.165) is 17.9 Å². The summed E-state index contributed by atoms with van der Waals surface area (Å²) >= 11 is 1.20. The van der Waals surface area contributed by atoms with Gasteiger partial charge in [-0.1, -0.05) is 18.2 Å². The van der Waals surface area contributed by atoms with Crippen molar-refractivity contribution in [2.24, 2.45) is 0 Å². The molecule has 0 amide bonds. The Morgan fingerprint density at radius 3 is 2.36 bits per heavy atom. The van der Waals surface area contributed by atoms with Crippen LogP contribution in [0.2, 0.25) is 0 Å². The van der Waals surface area contributed by atoms with Crippen molar-refractivity contribution in [1.82, 2.24) is 0 Å². The first-order valence-corrected chi connectivity index (χ1v) is 10.4. The van der Waals surface area contributed by atoms with Crippen LogP contribution in [0.4, 0.5) is 17.1 Å². The molecule has 1 aromatic heterocycles. The summed E-state index contributed by atoms with van der Waals surface area (Å²) < 4.78 is 27.5. The number of nitrogens with zero attached hydrogens (tertiary/aromatic N) is 1. The molecule has 3 rings (SSSR count). The highest BCUT2D eigenvalue weighted by Gasteiger charge is 2.15. The zero-order chi connectivity index (χ0) is 17.9. The summed E-state index contributed by atoms with van der Waals surface area (Å²) in [6, 6.07) is 19.1. The van der Waals surface area contributed by atoms with Crippen LogP contribution in [0.25, 0.3) is 0 Å². The van der Waals surface area contributed by atoms with E-state index in [2.05, 4.69) is 41.7 Å². The molecule has 1 N–H and O–H groups in total. The number of benzene rings is 2. The topological polar surface area (TPSA) is 49.4 Å². The number of nitrogens with one attached hydrogen (secondary N) is 1. The van der Waals surface area contributed by atoms with E-state index in [1.54, 1.807) is 29.6 Å². The molecule has 1 heterocycles. The third-order valence-electron chi connectivity index (χ3n) is 3.82. The fourth-order valence-corrected chi connectivity index (χ4v) is 4.69. The molecule has 0 aliphatic heterocycles. The molecule has 3 aromatic rings. The van der Waals surface area contributed by atoms with Crippen molar-refractivity contribution in [3.05, 3.63) is 71.6 Å². The zero-order valence-electron chi connectivity index (χ0n) is 14.1. The summed E-state index contributed by atoms with van der Waals surface area (Å²) in [5.74, 6) is 0. The normalized spacial score (nSPS) is 11.3. The van der Waals surface area contributed by atoms with Gasteiger partial charge in [-0.25, -0.2) is 8.42 Å². The van der Waals surface area contributed by atoms with E-state index in [1.807, 2.05) is 18.2 Å². The van der Waals surface area contributed by atoms with E-state index >= 15 is 0 Å². The van der Waals surface area contributed by atoms with Gasteiger partial charge in [0, 0.05) is 23.6 Å². The lowest BCUT2D eigenvalue weighted by Gasteiger charge is -2.24. The molecule has 0 aliphatic rings. The Labute approximate surface area is 152 Å². The van der Waals surface area contributed by atoms with Gasteiger partial charge < -0.3 is 4.90 Å². The second kappa shape index (κ2) is 7.29. The molecular formula is C19H20N2O2S2. The molecular weight excluding hydrogens is 352 g/mol. The van der Waals surface area contributed by atoms with Crippen LogP contribution >= 0.6 is 11.3 Å². The second-order valence-electron chi connectivity index (χ2n) is 5.67. The van der Waals surface area contributed by atoms with Crippen LogP contribution in [0.1, 0.15) is 12.5 Å². The van der Waals surface area contributed by atoms with Crippen LogP contribution < -0.4 is 9.62 Å². The molecule has 0 atom stereocenters. The van der Waals surface area contributed by atoms with Crippen molar-refractivity contribution in [1.29, 1.82) is 0 Å². The van der Waals surface area contributed by atoms with Gasteiger partial charge in [-0.15, -0.1) is 11.3 Å². The van der Waals surface area contributed by atoms with E-state index in [1.165, 1.54) is 16.9 Å². The van der Waals surface area contributed by atoms with Gasteiger partial charge in [0.2, 0.25) is 0 Å². The Morgan fingerprint density at radius 1 is 1.00 bits per heavy atom. The van der Waals surface area contributed by atoms with Crippen molar-refractivity contribution >= 4 is 38.4 Å². The summed E-state index contributed by atoms with van der Waals surface area (Å²) in [5, 5.41) is 1.75. The Bertz CT molecular complexity index is 934. The zero-order valence-corrected chi connectivity index (χ0v) is 15.8. The summed E-state index contributed by atoms with van der Waals surface area (Å²) in [6.07, 6.45) is 0. The Balaban J connectivity index is 1.82. The highest BCUT2D eigenvalue weighted by molar-refractivity contribution is 7.94. The average Bonchev–Trinajstić information content (AvgIpc) is 3.12. The van der Waals surface area contributed by atoms with Crippen LogP contribution in [0.15, 0.2) is 70.3 Å². The first-order chi connectivity index (χ1) is 12.0. The Morgan fingerprint density at radius 2 is 1.76 bits per heavy atom. The maximum atomic E-state index is 12.3. The lowest BCUT2D eigenvalue weighted by atomic mass is 10.2. The third kappa shape index (κ3) is 4.03. The van der Waals surface area contributed by atoms with Gasteiger partial charge in [0.25, 0.3) is 10.0 Å². The molecule has 130 valence electrons. The molecule has 4 nitrogen and oxygen atoms in total. The van der Waals surface area contributed by atoms with Crippen LogP contribution in [0, 0.1) is 6.92 Å². The quantitative estimate of drug-likeness (QED) is 0.661. The first kappa shape index (κ1) is 17.5. The van der Waals surface area contributed by atoms with Gasteiger partial charge in [-0.2, -0.15) is 0 Å². The molecule has 0 unspecified atom stereocenters. The molecule has 0 fully saturated rings. The van der Waals surface area contributed by atoms with E-state index in [9.17, 15) is 8.42 Å². The SMILES string of the molecule is CCN(c1ccc(NS(=O)(=O)c2cccs2)cc1)c1cccc(C)c1. The van der Waals surface area contributed by atoms with Crippen LogP contribution in [0.5, 0.6) is 0 Å². The maximum Gasteiger partial charge on any atom is 0.271 e. The van der Waals surface area contributed by atoms with Crippen molar-refractivity contribution in [3.63, 3.8) is 0 Å². The molecule has 2 aromatic carbocycles. The number of hydrogen-bond donors (Lipinski definition) is 1. The molecule has 0 bridgehead atoms. The van der Waals surface area contributed by atoms with Gasteiger partial charge in [-0.05, 0) is 67.3 Å². The maximum absolute atomic E-state index is 12.3. The molecule has 6 heteroatoms. The van der Waals surface area contributed by atoms with E-state index in [-0.39, 0.29) is 0 Å². The minimum Gasteiger partial charge on any atom is -0.342 e. The van der Waals surface area contributed by atoms with Crippen LogP contribution in [-0.4, -0.2) is 15.0 Å². The van der Waals surface area contributed by atoms with Gasteiger partial charge >= 0.3 is 0 Å². The highest BCUT2D eigenvalue weighted by Crippen LogP contribution is 2.28. The Kier molecular flexibility index (Phi) is 5.11. The van der Waals surface area contributed by atoms with Gasteiger partial charge in [-0.3, -0.25) is 4.72 Å². The summed E-state index contributed by atoms with van der Waals surface area (Å²) in [7, 11) is -3.51. The minimum absolute atomic E-state index is 0.312. The molecule has 0 radical (unpaired) electrons. The van der Waals surface area contributed by atoms with Crippen LogP contribution in [0.3, 0.4) is 0 Å². The smallest absolute Gasteiger partial charge is 0.271 e. The monoisotopic (exact) mass is 372 g/mol. The average molecular weight is 373 g/mol. The summed E-state index contributed by atoms with van der Waals surface area (Å²) in [6.45, 7) is 4.99. The second-order valence-corrected chi connectivity index (χ2v) is 8.52. The molecule has 25 heavy (non-hydrogen) atoms. The highest BCUT2D eigenvalue weighted by atomic mass is 32.2. The predicted molar refractivity (Wildman–Crippen MR) is 105 cm³/mol. The molecule has 0 saturated heterocycles. The summed E-state index contributed by atoms with van der Waals surface area (Å²) in [5.41, 5.74) is 3.90. The number of hydrogen-bond acceptors (Lipinski definition) is 4. The molecule has 0 aliphatic carbocycles. The van der Waals surface area contributed by atoms with Crippen molar-refractivity contribution in [2.45, 2.75) is 18.1 Å². The molecule has 0 spiro atoms. The number of rotatable bonds is 6. The number of sulfonamides is 1. The van der Waals surface area contributed by atoms with Crippen molar-refractivity contribution < 1.29 is 8.42 Å². The lowest BCUT2D eigenvalue weighted by molar-refractivity contribution is 0.603. The largest absolute Gasteiger partial charge is 0.342 e. The number of aryl methyl sites for hydroxylation is 1. The number of thiophene rings is 1. The Hall–Kier alpha value is -2.31. The fourth-order valence-electron chi connectivity index (χ4n) is 2.64. The predicted octanol–water partition coefficient (Wildman–Crippen LogP) is 5.02. The third-order valence-corrected chi connectivity index (χ3v) is 6.60. The van der Waals surface area contributed by atoms with Gasteiger partial charge in [0.05, 0.1) is 0 Å². The van der Waals surface area contributed by atoms with Crippen molar-refractivity contribution in [3.8, 4) is 0 Å². The first-order valence-electron chi connectivity index (χ1n) is 8.00. The molecule has 0 saturated carbocycles.